The normalized spacial score (nSPS) is 11.5. The molecule has 0 radical (unpaired) electrons. The van der Waals surface area contributed by atoms with Gasteiger partial charge in [0.2, 0.25) is 5.89 Å². The van der Waals surface area contributed by atoms with Crippen molar-refractivity contribution in [2.75, 3.05) is 11.9 Å². The van der Waals surface area contributed by atoms with Gasteiger partial charge in [-0.2, -0.15) is 0 Å². The van der Waals surface area contributed by atoms with Crippen LogP contribution in [0.1, 0.15) is 32.9 Å². The first-order chi connectivity index (χ1) is 20.4. The lowest BCUT2D eigenvalue weighted by Gasteiger charge is -2.18. The Kier molecular flexibility index (Phi) is 8.63. The number of rotatable bonds is 12. The van der Waals surface area contributed by atoms with Crippen molar-refractivity contribution in [1.29, 1.82) is 0 Å². The van der Waals surface area contributed by atoms with Gasteiger partial charge in [-0.1, -0.05) is 54.6 Å². The molecule has 0 fully saturated rings. The third kappa shape index (κ3) is 6.85. The first-order valence-electron chi connectivity index (χ1n) is 13.5. The molecule has 0 amide bonds. The lowest BCUT2D eigenvalue weighted by Crippen LogP contribution is -2.32. The summed E-state index contributed by atoms with van der Waals surface area (Å²) in [5.74, 6) is 0.604. The second kappa shape index (κ2) is 12.9. The molecular formula is C34H30N2O6. The van der Waals surface area contributed by atoms with E-state index in [2.05, 4.69) is 10.3 Å². The molecule has 42 heavy (non-hydrogen) atoms. The fraction of sp³-hybridized carbons (Fsp3) is 0.147. The minimum absolute atomic E-state index is 0.0208. The number of nitrogens with one attached hydrogen (secondary N) is 1. The Hall–Kier alpha value is -5.37. The maximum atomic E-state index is 13.1. The number of aliphatic carboxylic acids is 1. The number of carboxylic acid groups (broad SMARTS) is 1. The summed E-state index contributed by atoms with van der Waals surface area (Å²) in [4.78, 5) is 29.9. The molecule has 1 heterocycles. The molecule has 0 spiro atoms. The van der Waals surface area contributed by atoms with E-state index in [1.165, 1.54) is 12.1 Å². The zero-order valence-corrected chi connectivity index (χ0v) is 23.0. The Balaban J connectivity index is 1.20. The van der Waals surface area contributed by atoms with Crippen molar-refractivity contribution in [1.82, 2.24) is 4.98 Å². The molecule has 0 saturated heterocycles. The number of nitrogens with zero attached hydrogens (tertiary/aromatic N) is 1. The molecule has 1 aromatic heterocycles. The van der Waals surface area contributed by atoms with Crippen molar-refractivity contribution in [3.63, 3.8) is 0 Å². The van der Waals surface area contributed by atoms with Gasteiger partial charge < -0.3 is 24.7 Å². The second-order valence-corrected chi connectivity index (χ2v) is 9.79. The number of benzene rings is 4. The average Bonchev–Trinajstić information content (AvgIpc) is 3.38. The summed E-state index contributed by atoms with van der Waals surface area (Å²) in [6.45, 7) is 2.29. The van der Waals surface area contributed by atoms with Gasteiger partial charge in [0.15, 0.2) is 5.78 Å². The van der Waals surface area contributed by atoms with E-state index in [9.17, 15) is 19.8 Å². The van der Waals surface area contributed by atoms with Crippen molar-refractivity contribution >= 4 is 17.4 Å². The summed E-state index contributed by atoms with van der Waals surface area (Å²) in [5, 5.41) is 22.7. The van der Waals surface area contributed by atoms with Crippen molar-refractivity contribution in [2.24, 2.45) is 0 Å². The highest BCUT2D eigenvalue weighted by Gasteiger charge is 2.21. The molecule has 0 saturated carbocycles. The number of anilines is 1. The average molecular weight is 563 g/mol. The quantitative estimate of drug-likeness (QED) is 0.151. The predicted octanol–water partition coefficient (Wildman–Crippen LogP) is 6.32. The standard InChI is InChI=1S/C34H30N2O6/c1-22-29(36-33(42-22)24-8-3-2-4-9-24)18-19-41-27-16-14-23(15-17-27)20-31(34(39)40)35-30-13-6-5-12-28(30)32(38)25-10-7-11-26(37)21-25/h2-17,21,31,35,37H,18-20H2,1H3,(H,39,40). The van der Waals surface area contributed by atoms with Gasteiger partial charge in [-0.3, -0.25) is 4.79 Å². The first-order valence-corrected chi connectivity index (χ1v) is 13.5. The molecule has 1 atom stereocenters. The molecule has 3 N–H and O–H groups in total. The highest BCUT2D eigenvalue weighted by atomic mass is 16.5. The van der Waals surface area contributed by atoms with E-state index in [-0.39, 0.29) is 18.0 Å². The van der Waals surface area contributed by atoms with E-state index in [1.807, 2.05) is 49.4 Å². The molecule has 8 heteroatoms. The summed E-state index contributed by atoms with van der Waals surface area (Å²) in [7, 11) is 0. The number of carbonyl (C=O) groups excluding carboxylic acids is 1. The van der Waals surface area contributed by atoms with Crippen LogP contribution in [0.5, 0.6) is 11.5 Å². The lowest BCUT2D eigenvalue weighted by molar-refractivity contribution is -0.137. The van der Waals surface area contributed by atoms with Crippen LogP contribution in [0.4, 0.5) is 5.69 Å². The van der Waals surface area contributed by atoms with Gasteiger partial charge in [-0.05, 0) is 61.0 Å². The van der Waals surface area contributed by atoms with E-state index in [1.54, 1.807) is 48.5 Å². The summed E-state index contributed by atoms with van der Waals surface area (Å²) in [5.41, 5.74) is 3.57. The van der Waals surface area contributed by atoms with Crippen LogP contribution in [0.3, 0.4) is 0 Å². The summed E-state index contributed by atoms with van der Waals surface area (Å²) in [6.07, 6.45) is 0.764. The van der Waals surface area contributed by atoms with E-state index >= 15 is 0 Å². The second-order valence-electron chi connectivity index (χ2n) is 9.79. The first kappa shape index (κ1) is 28.2. The van der Waals surface area contributed by atoms with E-state index < -0.39 is 12.0 Å². The zero-order chi connectivity index (χ0) is 29.5. The molecule has 0 aliphatic carbocycles. The number of aromatic hydroxyl groups is 1. The van der Waals surface area contributed by atoms with Crippen molar-refractivity contribution < 1.29 is 29.0 Å². The van der Waals surface area contributed by atoms with Crippen LogP contribution >= 0.6 is 0 Å². The molecule has 0 bridgehead atoms. The SMILES string of the molecule is Cc1oc(-c2ccccc2)nc1CCOc1ccc(CC(Nc2ccccc2C(=O)c2cccc(O)c2)C(=O)O)cc1. The summed E-state index contributed by atoms with van der Waals surface area (Å²) in [6, 6.07) is 28.8. The number of ether oxygens (including phenoxy) is 1. The minimum atomic E-state index is -1.05. The van der Waals surface area contributed by atoms with E-state index in [0.29, 0.717) is 41.5 Å². The molecule has 1 unspecified atom stereocenters. The number of para-hydroxylation sites is 1. The van der Waals surface area contributed by atoms with Crippen molar-refractivity contribution in [3.8, 4) is 23.0 Å². The molecule has 8 nitrogen and oxygen atoms in total. The van der Waals surface area contributed by atoms with Gasteiger partial charge in [0.25, 0.3) is 0 Å². The van der Waals surface area contributed by atoms with Gasteiger partial charge in [0.05, 0.1) is 12.3 Å². The number of hydrogen-bond acceptors (Lipinski definition) is 7. The molecule has 5 aromatic rings. The van der Waals surface area contributed by atoms with Gasteiger partial charge in [0.1, 0.15) is 23.3 Å². The molecule has 212 valence electrons. The maximum Gasteiger partial charge on any atom is 0.326 e. The molecule has 5 rings (SSSR count). The molecular weight excluding hydrogens is 532 g/mol. The summed E-state index contributed by atoms with van der Waals surface area (Å²) >= 11 is 0. The van der Waals surface area contributed by atoms with Crippen LogP contribution in [0.2, 0.25) is 0 Å². The molecule has 4 aromatic carbocycles. The Morgan fingerprint density at radius 1 is 0.929 bits per heavy atom. The van der Waals surface area contributed by atoms with Crippen LogP contribution in [0, 0.1) is 6.92 Å². The Morgan fingerprint density at radius 2 is 1.67 bits per heavy atom. The van der Waals surface area contributed by atoms with Crippen LogP contribution < -0.4 is 10.1 Å². The number of phenolic OH excluding ortho intramolecular Hbond substituents is 1. The van der Waals surface area contributed by atoms with Gasteiger partial charge in [-0.15, -0.1) is 0 Å². The van der Waals surface area contributed by atoms with Gasteiger partial charge in [-0.25, -0.2) is 9.78 Å². The number of hydrogen-bond donors (Lipinski definition) is 3. The number of ketones is 1. The Labute approximate surface area is 243 Å². The fourth-order valence-electron chi connectivity index (χ4n) is 4.58. The van der Waals surface area contributed by atoms with E-state index in [4.69, 9.17) is 9.15 Å². The van der Waals surface area contributed by atoms with E-state index in [0.717, 1.165) is 22.6 Å². The highest BCUT2D eigenvalue weighted by molar-refractivity contribution is 6.12. The third-order valence-corrected chi connectivity index (χ3v) is 6.79. The number of carbonyl (C=O) groups is 2. The highest BCUT2D eigenvalue weighted by Crippen LogP contribution is 2.24. The van der Waals surface area contributed by atoms with Crippen LogP contribution in [-0.2, 0) is 17.6 Å². The Bertz CT molecular complexity index is 1680. The van der Waals surface area contributed by atoms with Crippen molar-refractivity contribution in [3.05, 3.63) is 131 Å². The topological polar surface area (TPSA) is 122 Å². The largest absolute Gasteiger partial charge is 0.508 e. The van der Waals surface area contributed by atoms with Crippen molar-refractivity contribution in [2.45, 2.75) is 25.8 Å². The predicted molar refractivity (Wildman–Crippen MR) is 159 cm³/mol. The number of carboxylic acids is 1. The number of aryl methyl sites for hydroxylation is 1. The van der Waals surface area contributed by atoms with Gasteiger partial charge in [0, 0.05) is 35.2 Å². The number of oxazole rings is 1. The third-order valence-electron chi connectivity index (χ3n) is 6.79. The molecule has 0 aliphatic rings. The summed E-state index contributed by atoms with van der Waals surface area (Å²) < 4.78 is 11.7. The molecule has 0 aliphatic heterocycles. The van der Waals surface area contributed by atoms with Crippen LogP contribution in [-0.4, -0.2) is 39.6 Å². The zero-order valence-electron chi connectivity index (χ0n) is 23.0. The maximum absolute atomic E-state index is 13.1. The number of phenols is 1. The Morgan fingerprint density at radius 3 is 2.40 bits per heavy atom. The lowest BCUT2D eigenvalue weighted by atomic mass is 10.00. The van der Waals surface area contributed by atoms with Crippen LogP contribution in [0.15, 0.2) is 108 Å². The monoisotopic (exact) mass is 562 g/mol. The smallest absolute Gasteiger partial charge is 0.326 e. The van der Waals surface area contributed by atoms with Crippen LogP contribution in [0.25, 0.3) is 11.5 Å². The number of aromatic nitrogens is 1. The van der Waals surface area contributed by atoms with Gasteiger partial charge >= 0.3 is 5.97 Å². The fourth-order valence-corrected chi connectivity index (χ4v) is 4.58. The minimum Gasteiger partial charge on any atom is -0.508 e.